The molecule has 3 rings (SSSR count). The molecular formula is C33H44N4O15S. The van der Waals surface area contributed by atoms with Crippen LogP contribution in [-0.4, -0.2) is 137 Å². The highest BCUT2D eigenvalue weighted by atomic mass is 32.1. The highest BCUT2D eigenvalue weighted by Crippen LogP contribution is 2.39. The van der Waals surface area contributed by atoms with Crippen LogP contribution >= 0.6 is 11.3 Å². The van der Waals surface area contributed by atoms with Gasteiger partial charge >= 0.3 is 23.9 Å². The summed E-state index contributed by atoms with van der Waals surface area (Å²) in [4.78, 5) is 66.1. The number of nitrogens with zero attached hydrogens (tertiary/aromatic N) is 4. The van der Waals surface area contributed by atoms with Crippen molar-refractivity contribution in [2.75, 3.05) is 66.4 Å². The second kappa shape index (κ2) is 21.8. The number of carbonyl (C=O) groups is 5. The molecule has 0 radical (unpaired) electrons. The van der Waals surface area contributed by atoms with Crippen LogP contribution in [0, 0.1) is 0 Å². The first kappa shape index (κ1) is 42.8. The molecule has 1 aromatic heterocycles. The summed E-state index contributed by atoms with van der Waals surface area (Å²) in [5.74, 6) is -3.20. The molecule has 2 heterocycles. The summed E-state index contributed by atoms with van der Waals surface area (Å²) < 4.78 is 50.6. The Labute approximate surface area is 308 Å². The van der Waals surface area contributed by atoms with Gasteiger partial charge in [0.1, 0.15) is 18.5 Å². The molecule has 1 unspecified atom stereocenters. The molecule has 19 nitrogen and oxygen atoms in total. The summed E-state index contributed by atoms with van der Waals surface area (Å²) in [6.07, 6.45) is -7.01. The van der Waals surface area contributed by atoms with Gasteiger partial charge in [0.2, 0.25) is 12.4 Å². The predicted octanol–water partition coefficient (Wildman–Crippen LogP) is 2.29. The first-order valence-corrected chi connectivity index (χ1v) is 17.3. The number of ether oxygens (including phenoxy) is 9. The Bertz CT molecular complexity index is 1610. The van der Waals surface area contributed by atoms with Gasteiger partial charge in [0, 0.05) is 62.8 Å². The first-order chi connectivity index (χ1) is 25.4. The van der Waals surface area contributed by atoms with E-state index in [1.807, 2.05) is 0 Å². The molecule has 20 heteroatoms. The molecule has 1 aromatic carbocycles. The summed E-state index contributed by atoms with van der Waals surface area (Å²) in [6.45, 7) is 6.08. The van der Waals surface area contributed by atoms with Gasteiger partial charge in [-0.2, -0.15) is 0 Å². The summed E-state index contributed by atoms with van der Waals surface area (Å²) in [6, 6.07) is 4.70. The largest absolute Gasteiger partial charge is 0.463 e. The van der Waals surface area contributed by atoms with Gasteiger partial charge in [-0.15, -0.1) is 11.3 Å². The van der Waals surface area contributed by atoms with Crippen molar-refractivity contribution in [3.63, 3.8) is 0 Å². The number of fused-ring (bicyclic) bond motifs is 1. The van der Waals surface area contributed by atoms with Crippen LogP contribution < -0.4 is 4.74 Å². The van der Waals surface area contributed by atoms with Gasteiger partial charge in [0.05, 0.1) is 51.1 Å². The quantitative estimate of drug-likeness (QED) is 0.0479. The van der Waals surface area contributed by atoms with Crippen molar-refractivity contribution in [3.8, 4) is 5.75 Å². The molecule has 1 amide bonds. The third kappa shape index (κ3) is 13.4. The molecule has 0 aliphatic carbocycles. The topological polar surface area (TPSA) is 241 Å². The zero-order valence-electron chi connectivity index (χ0n) is 30.0. The zero-order chi connectivity index (χ0) is 38.9. The van der Waals surface area contributed by atoms with E-state index >= 15 is 0 Å². The lowest BCUT2D eigenvalue weighted by Gasteiger charge is -2.44. The van der Waals surface area contributed by atoms with Crippen molar-refractivity contribution >= 4 is 51.2 Å². The van der Waals surface area contributed by atoms with Crippen LogP contribution in [0.3, 0.4) is 0 Å². The van der Waals surface area contributed by atoms with Crippen LogP contribution in [0.5, 0.6) is 5.75 Å². The number of esters is 4. The predicted molar refractivity (Wildman–Crippen MR) is 184 cm³/mol. The van der Waals surface area contributed by atoms with Crippen LogP contribution in [-0.2, 0) is 63.7 Å². The first-order valence-electron chi connectivity index (χ1n) is 16.5. The van der Waals surface area contributed by atoms with E-state index in [0.29, 0.717) is 53.6 Å². The number of hydrogen-bond acceptors (Lipinski definition) is 17. The van der Waals surface area contributed by atoms with Crippen LogP contribution in [0.1, 0.15) is 42.9 Å². The van der Waals surface area contributed by atoms with Gasteiger partial charge in [-0.05, 0) is 23.2 Å². The third-order valence-corrected chi connectivity index (χ3v) is 8.56. The number of carbonyl (C=O) groups excluding carboxylic acids is 5. The Morgan fingerprint density at radius 3 is 2.08 bits per heavy atom. The maximum Gasteiger partial charge on any atom is 0.303 e. The smallest absolute Gasteiger partial charge is 0.303 e. The van der Waals surface area contributed by atoms with Crippen molar-refractivity contribution in [2.24, 2.45) is 5.11 Å². The second-order valence-corrected chi connectivity index (χ2v) is 12.5. The van der Waals surface area contributed by atoms with E-state index in [-0.39, 0.29) is 38.0 Å². The average molecular weight is 769 g/mol. The molecule has 0 bridgehead atoms. The Morgan fingerprint density at radius 1 is 0.868 bits per heavy atom. The van der Waals surface area contributed by atoms with Crippen LogP contribution in [0.25, 0.3) is 20.5 Å². The fourth-order valence-electron chi connectivity index (χ4n) is 5.08. The molecule has 1 aliphatic rings. The number of aliphatic hydroxyl groups is 1. The minimum atomic E-state index is -1.50. The number of benzene rings is 1. The van der Waals surface area contributed by atoms with E-state index in [0.717, 1.165) is 39.0 Å². The number of rotatable bonds is 21. The number of amides is 1. The molecule has 1 saturated heterocycles. The maximum atomic E-state index is 13.5. The van der Waals surface area contributed by atoms with E-state index in [1.54, 1.807) is 19.2 Å². The lowest BCUT2D eigenvalue weighted by atomic mass is 9.98. The highest BCUT2D eigenvalue weighted by Gasteiger charge is 2.53. The molecule has 0 saturated carbocycles. The van der Waals surface area contributed by atoms with Gasteiger partial charge in [-0.1, -0.05) is 11.2 Å². The van der Waals surface area contributed by atoms with Crippen molar-refractivity contribution < 1.29 is 71.7 Å². The minimum absolute atomic E-state index is 0.153. The van der Waals surface area contributed by atoms with Gasteiger partial charge < -0.3 is 52.6 Å². The Kier molecular flexibility index (Phi) is 17.7. The SMILES string of the molecule is CC(=O)OC[C@H]1O[C@@H](Oc2ccc(CO)c3sc(C(=O)N(C)CCOCCOCCOCCN=[N+]=[N-])cc23)C(OC(C)=O)[C@@H](OC(C)=O)[C@H]1OC(C)=O. The number of thiophene rings is 1. The fraction of sp³-hybridized carbons (Fsp3) is 0.606. The van der Waals surface area contributed by atoms with E-state index < -0.39 is 61.2 Å². The molecular weight excluding hydrogens is 724 g/mol. The number of hydrogen-bond donors (Lipinski definition) is 1. The van der Waals surface area contributed by atoms with Crippen LogP contribution in [0.15, 0.2) is 23.3 Å². The normalized spacial score (nSPS) is 19.5. The zero-order valence-corrected chi connectivity index (χ0v) is 30.9. The highest BCUT2D eigenvalue weighted by molar-refractivity contribution is 7.21. The van der Waals surface area contributed by atoms with E-state index in [9.17, 15) is 29.1 Å². The molecule has 0 spiro atoms. The lowest BCUT2D eigenvalue weighted by Crippen LogP contribution is -2.63. The number of azide groups is 1. The molecule has 292 valence electrons. The summed E-state index contributed by atoms with van der Waals surface area (Å²) in [5.41, 5.74) is 8.74. The summed E-state index contributed by atoms with van der Waals surface area (Å²) >= 11 is 1.12. The van der Waals surface area contributed by atoms with Crippen molar-refractivity contribution in [3.05, 3.63) is 39.1 Å². The molecule has 1 aliphatic heterocycles. The Morgan fingerprint density at radius 2 is 1.47 bits per heavy atom. The molecule has 53 heavy (non-hydrogen) atoms. The monoisotopic (exact) mass is 768 g/mol. The van der Waals surface area contributed by atoms with Crippen LogP contribution in [0.4, 0.5) is 0 Å². The van der Waals surface area contributed by atoms with E-state index in [1.165, 1.54) is 11.0 Å². The second-order valence-electron chi connectivity index (χ2n) is 11.4. The lowest BCUT2D eigenvalue weighted by molar-refractivity contribution is -0.288. The summed E-state index contributed by atoms with van der Waals surface area (Å²) in [7, 11) is 1.61. The standard InChI is InChI=1S/C33H44N4O15S/c1-19(39)47-18-26-28(48-20(2)40)29(49-21(3)41)30(50-22(4)42)33(52-26)51-25-7-6-23(17-38)31-24(25)16-27(53-31)32(43)37(5)9-11-45-13-15-46-14-12-44-10-8-35-36-34/h6-7,16,26,28-30,33,38H,8-15,17-18H2,1-5H3/t26-,28+,29+,30?,33-/m1/s1. The van der Waals surface area contributed by atoms with Crippen molar-refractivity contribution in [2.45, 2.75) is 65.0 Å². The van der Waals surface area contributed by atoms with Gasteiger partial charge in [-0.25, -0.2) is 0 Å². The summed E-state index contributed by atoms with van der Waals surface area (Å²) in [5, 5.41) is 13.9. The molecule has 5 atom stereocenters. The van der Waals surface area contributed by atoms with E-state index in [2.05, 4.69) is 10.0 Å². The third-order valence-electron chi connectivity index (χ3n) is 7.36. The maximum absolute atomic E-state index is 13.5. The van der Waals surface area contributed by atoms with Crippen LogP contribution in [0.2, 0.25) is 0 Å². The van der Waals surface area contributed by atoms with E-state index in [4.69, 9.17) is 48.2 Å². The Balaban J connectivity index is 1.77. The van der Waals surface area contributed by atoms with Crippen molar-refractivity contribution in [1.82, 2.24) is 4.90 Å². The van der Waals surface area contributed by atoms with Gasteiger partial charge in [0.25, 0.3) is 5.91 Å². The van der Waals surface area contributed by atoms with Gasteiger partial charge in [0.15, 0.2) is 12.2 Å². The minimum Gasteiger partial charge on any atom is -0.463 e. The molecule has 1 N–H and O–H groups in total. The average Bonchev–Trinajstić information content (AvgIpc) is 3.55. The molecule has 2 aromatic rings. The van der Waals surface area contributed by atoms with Gasteiger partial charge in [-0.3, -0.25) is 24.0 Å². The number of likely N-dealkylation sites (N-methyl/N-ethyl adjacent to an activating group) is 1. The molecule has 1 fully saturated rings. The fourth-order valence-corrected chi connectivity index (χ4v) is 6.25. The number of aliphatic hydroxyl groups excluding tert-OH is 1. The van der Waals surface area contributed by atoms with Crippen molar-refractivity contribution in [1.29, 1.82) is 0 Å². The Hall–Kier alpha value is -4.56.